The lowest BCUT2D eigenvalue weighted by atomic mass is 9.94. The van der Waals surface area contributed by atoms with Crippen LogP contribution in [0.1, 0.15) is 117 Å². The van der Waals surface area contributed by atoms with Gasteiger partial charge in [0, 0.05) is 19.3 Å². The zero-order valence-electron chi connectivity index (χ0n) is 17.1. The Bertz CT molecular complexity index is 390. The van der Waals surface area contributed by atoms with Crippen molar-refractivity contribution in [2.75, 3.05) is 0 Å². The fourth-order valence-electron chi connectivity index (χ4n) is 3.23. The van der Waals surface area contributed by atoms with E-state index in [2.05, 4.69) is 6.92 Å². The molecule has 0 spiro atoms. The van der Waals surface area contributed by atoms with Gasteiger partial charge in [0.15, 0.2) is 0 Å². The standard InChI is InChI=1S/C22H40O4/c1-3-4-5-6-7-8-9-10-11-12-13-14-15-21(24)18-20(22(25)26)17-16-19(2)23/h20H,3-18H2,1-2H3,(H,25,26)/t20-/m1/s1. The minimum atomic E-state index is -0.964. The minimum Gasteiger partial charge on any atom is -0.481 e. The summed E-state index contributed by atoms with van der Waals surface area (Å²) < 4.78 is 0. The number of carbonyl (C=O) groups excluding carboxylic acids is 2. The number of hydrogen-bond acceptors (Lipinski definition) is 3. The normalized spacial score (nSPS) is 12.1. The largest absolute Gasteiger partial charge is 0.481 e. The van der Waals surface area contributed by atoms with E-state index in [-0.39, 0.29) is 30.8 Å². The number of ketones is 2. The first-order valence-corrected chi connectivity index (χ1v) is 10.7. The van der Waals surface area contributed by atoms with Gasteiger partial charge in [0.05, 0.1) is 5.92 Å². The maximum absolute atomic E-state index is 11.9. The maximum Gasteiger partial charge on any atom is 0.306 e. The van der Waals surface area contributed by atoms with Gasteiger partial charge in [0.1, 0.15) is 11.6 Å². The molecule has 4 heteroatoms. The third-order valence-electron chi connectivity index (χ3n) is 4.98. The zero-order chi connectivity index (χ0) is 19.6. The number of aliphatic carboxylic acids is 1. The van der Waals surface area contributed by atoms with Gasteiger partial charge in [0.2, 0.25) is 0 Å². The third-order valence-corrected chi connectivity index (χ3v) is 4.98. The number of rotatable bonds is 19. The molecule has 0 aromatic rings. The van der Waals surface area contributed by atoms with Gasteiger partial charge < -0.3 is 9.90 Å². The van der Waals surface area contributed by atoms with E-state index in [4.69, 9.17) is 5.11 Å². The van der Waals surface area contributed by atoms with Crippen LogP contribution in [0.5, 0.6) is 0 Å². The highest BCUT2D eigenvalue weighted by molar-refractivity contribution is 5.84. The molecule has 0 aliphatic heterocycles. The highest BCUT2D eigenvalue weighted by Crippen LogP contribution is 2.16. The number of Topliss-reactive ketones (excluding diaryl/α,β-unsaturated/α-hetero) is 2. The van der Waals surface area contributed by atoms with E-state index in [0.29, 0.717) is 6.42 Å². The molecule has 0 saturated carbocycles. The second-order valence-corrected chi connectivity index (χ2v) is 7.66. The highest BCUT2D eigenvalue weighted by atomic mass is 16.4. The van der Waals surface area contributed by atoms with E-state index in [1.54, 1.807) is 0 Å². The number of unbranched alkanes of at least 4 members (excludes halogenated alkanes) is 11. The fourth-order valence-corrected chi connectivity index (χ4v) is 3.23. The van der Waals surface area contributed by atoms with E-state index in [0.717, 1.165) is 19.3 Å². The minimum absolute atomic E-state index is 0.0213. The SMILES string of the molecule is CCCCCCCCCCCCCCC(=O)C[C@@H](CCC(C)=O)C(=O)O. The monoisotopic (exact) mass is 368 g/mol. The molecule has 26 heavy (non-hydrogen) atoms. The number of carboxylic acids is 1. The van der Waals surface area contributed by atoms with Crippen LogP contribution in [0.2, 0.25) is 0 Å². The van der Waals surface area contributed by atoms with Gasteiger partial charge in [-0.25, -0.2) is 0 Å². The van der Waals surface area contributed by atoms with Crippen LogP contribution in [-0.4, -0.2) is 22.6 Å². The van der Waals surface area contributed by atoms with Crippen LogP contribution in [0.4, 0.5) is 0 Å². The Labute approximate surface area is 160 Å². The van der Waals surface area contributed by atoms with E-state index in [1.807, 2.05) is 0 Å². The van der Waals surface area contributed by atoms with Crippen molar-refractivity contribution in [3.63, 3.8) is 0 Å². The van der Waals surface area contributed by atoms with Gasteiger partial charge in [-0.3, -0.25) is 9.59 Å². The first-order chi connectivity index (χ1) is 12.5. The van der Waals surface area contributed by atoms with Crippen molar-refractivity contribution in [2.24, 2.45) is 5.92 Å². The lowest BCUT2D eigenvalue weighted by molar-refractivity contribution is -0.144. The van der Waals surface area contributed by atoms with Crippen LogP contribution < -0.4 is 0 Å². The molecule has 0 bridgehead atoms. The Morgan fingerprint density at radius 2 is 1.19 bits per heavy atom. The van der Waals surface area contributed by atoms with Crippen LogP contribution in [0.3, 0.4) is 0 Å². The first kappa shape index (κ1) is 24.8. The van der Waals surface area contributed by atoms with E-state index >= 15 is 0 Å². The topological polar surface area (TPSA) is 71.4 Å². The average molecular weight is 369 g/mol. The van der Waals surface area contributed by atoms with Crippen molar-refractivity contribution in [3.05, 3.63) is 0 Å². The van der Waals surface area contributed by atoms with Crippen molar-refractivity contribution in [2.45, 2.75) is 117 Å². The highest BCUT2D eigenvalue weighted by Gasteiger charge is 2.21. The van der Waals surface area contributed by atoms with E-state index in [1.165, 1.54) is 64.7 Å². The molecule has 0 fully saturated rings. The Morgan fingerprint density at radius 1 is 0.731 bits per heavy atom. The molecular formula is C22H40O4. The predicted octanol–water partition coefficient (Wildman–Crippen LogP) is 6.11. The second-order valence-electron chi connectivity index (χ2n) is 7.66. The molecule has 152 valence electrons. The van der Waals surface area contributed by atoms with Gasteiger partial charge in [0.25, 0.3) is 0 Å². The number of carboxylic acid groups (broad SMARTS) is 1. The summed E-state index contributed by atoms with van der Waals surface area (Å²) in [5.41, 5.74) is 0. The molecule has 0 amide bonds. The lowest BCUT2D eigenvalue weighted by Gasteiger charge is -2.10. The number of hydrogen-bond donors (Lipinski definition) is 1. The molecule has 0 aliphatic carbocycles. The van der Waals surface area contributed by atoms with Gasteiger partial charge >= 0.3 is 5.97 Å². The quantitative estimate of drug-likeness (QED) is 0.279. The molecule has 1 atom stereocenters. The summed E-state index contributed by atoms with van der Waals surface area (Å²) in [7, 11) is 0. The van der Waals surface area contributed by atoms with Crippen LogP contribution in [0, 0.1) is 5.92 Å². The molecule has 0 aliphatic rings. The summed E-state index contributed by atoms with van der Waals surface area (Å²) in [6.07, 6.45) is 16.1. The molecule has 1 N–H and O–H groups in total. The molecular weight excluding hydrogens is 328 g/mol. The summed E-state index contributed by atoms with van der Waals surface area (Å²) in [4.78, 5) is 34.1. The predicted molar refractivity (Wildman–Crippen MR) is 106 cm³/mol. The van der Waals surface area contributed by atoms with Crippen LogP contribution >= 0.6 is 0 Å². The zero-order valence-corrected chi connectivity index (χ0v) is 17.1. The molecule has 0 aromatic heterocycles. The lowest BCUT2D eigenvalue weighted by Crippen LogP contribution is -2.18. The third kappa shape index (κ3) is 16.3. The maximum atomic E-state index is 11.9. The van der Waals surface area contributed by atoms with Crippen molar-refractivity contribution < 1.29 is 19.5 Å². The summed E-state index contributed by atoms with van der Waals surface area (Å²) >= 11 is 0. The molecule has 0 aromatic carbocycles. The Balaban J connectivity index is 3.55. The van der Waals surface area contributed by atoms with Crippen molar-refractivity contribution in [1.82, 2.24) is 0 Å². The average Bonchev–Trinajstić information content (AvgIpc) is 2.59. The number of carbonyl (C=O) groups is 3. The Morgan fingerprint density at radius 3 is 1.62 bits per heavy atom. The Hall–Kier alpha value is -1.19. The van der Waals surface area contributed by atoms with Gasteiger partial charge in [-0.2, -0.15) is 0 Å². The van der Waals surface area contributed by atoms with Crippen molar-refractivity contribution >= 4 is 17.5 Å². The Kier molecular flexibility index (Phi) is 16.4. The smallest absolute Gasteiger partial charge is 0.306 e. The van der Waals surface area contributed by atoms with E-state index < -0.39 is 11.9 Å². The fraction of sp³-hybridized carbons (Fsp3) is 0.864. The second kappa shape index (κ2) is 17.2. The summed E-state index contributed by atoms with van der Waals surface area (Å²) in [6, 6.07) is 0. The molecule has 0 rings (SSSR count). The first-order valence-electron chi connectivity index (χ1n) is 10.7. The van der Waals surface area contributed by atoms with Gasteiger partial charge in [-0.15, -0.1) is 0 Å². The van der Waals surface area contributed by atoms with Crippen LogP contribution in [0.25, 0.3) is 0 Å². The summed E-state index contributed by atoms with van der Waals surface area (Å²) in [6.45, 7) is 3.69. The van der Waals surface area contributed by atoms with Crippen molar-refractivity contribution in [1.29, 1.82) is 0 Å². The van der Waals surface area contributed by atoms with E-state index in [9.17, 15) is 14.4 Å². The van der Waals surface area contributed by atoms with Gasteiger partial charge in [-0.05, 0) is 19.8 Å². The van der Waals surface area contributed by atoms with Crippen molar-refractivity contribution in [3.8, 4) is 0 Å². The molecule has 0 heterocycles. The molecule has 0 radical (unpaired) electrons. The molecule has 0 unspecified atom stereocenters. The molecule has 0 saturated heterocycles. The van der Waals surface area contributed by atoms with Crippen LogP contribution in [0.15, 0.2) is 0 Å². The summed E-state index contributed by atoms with van der Waals surface area (Å²) in [5.74, 6) is -1.67. The molecule has 4 nitrogen and oxygen atoms in total. The van der Waals surface area contributed by atoms with Crippen LogP contribution in [-0.2, 0) is 14.4 Å². The van der Waals surface area contributed by atoms with Gasteiger partial charge in [-0.1, -0.05) is 77.6 Å². The summed E-state index contributed by atoms with van der Waals surface area (Å²) in [5, 5.41) is 9.14.